The van der Waals surface area contributed by atoms with Crippen molar-refractivity contribution in [1.29, 1.82) is 0 Å². The molecule has 2 N–H and O–H groups in total. The molecule has 8 aliphatic rings. The van der Waals surface area contributed by atoms with E-state index in [-0.39, 0.29) is 17.6 Å². The summed E-state index contributed by atoms with van der Waals surface area (Å²) in [6, 6.07) is 0. The maximum Gasteiger partial charge on any atom is 0.0577 e. The summed E-state index contributed by atoms with van der Waals surface area (Å²) in [6.45, 7) is 29.8. The van der Waals surface area contributed by atoms with Crippen LogP contribution in [0.15, 0.2) is 23.8 Å². The van der Waals surface area contributed by atoms with Crippen LogP contribution < -0.4 is 0 Å². The molecule has 2 nitrogen and oxygen atoms in total. The van der Waals surface area contributed by atoms with Crippen molar-refractivity contribution >= 4 is 0 Å². The van der Waals surface area contributed by atoms with Gasteiger partial charge in [-0.15, -0.1) is 0 Å². The van der Waals surface area contributed by atoms with Crippen molar-refractivity contribution in [3.63, 3.8) is 0 Å². The Morgan fingerprint density at radius 1 is 0.661 bits per heavy atom. The average molecular weight is 773 g/mol. The Bertz CT molecular complexity index is 1430. The van der Waals surface area contributed by atoms with Gasteiger partial charge < -0.3 is 10.2 Å². The van der Waals surface area contributed by atoms with E-state index in [1.807, 2.05) is 0 Å². The molecular formula is C54H92O2. The van der Waals surface area contributed by atoms with E-state index in [4.69, 9.17) is 0 Å². The molecule has 7 saturated carbocycles. The van der Waals surface area contributed by atoms with Gasteiger partial charge >= 0.3 is 0 Å². The summed E-state index contributed by atoms with van der Waals surface area (Å²) in [5.41, 5.74) is 4.40. The topological polar surface area (TPSA) is 40.5 Å². The van der Waals surface area contributed by atoms with Crippen LogP contribution in [0.4, 0.5) is 0 Å². The Kier molecular flexibility index (Phi) is 12.2. The zero-order valence-corrected chi connectivity index (χ0v) is 39.1. The van der Waals surface area contributed by atoms with E-state index in [1.54, 1.807) is 5.57 Å². The van der Waals surface area contributed by atoms with Crippen LogP contribution in [0.3, 0.4) is 0 Å². The van der Waals surface area contributed by atoms with Crippen LogP contribution in [0, 0.1) is 97.6 Å². The summed E-state index contributed by atoms with van der Waals surface area (Å²) in [5, 5.41) is 20.5. The monoisotopic (exact) mass is 773 g/mol. The Morgan fingerprint density at radius 2 is 1.25 bits per heavy atom. The minimum atomic E-state index is -0.0870. The van der Waals surface area contributed by atoms with E-state index in [9.17, 15) is 10.2 Å². The number of fused-ring (bicyclic) bond motifs is 10. The maximum atomic E-state index is 10.3. The van der Waals surface area contributed by atoms with Crippen molar-refractivity contribution in [3.8, 4) is 0 Å². The third-order valence-electron chi connectivity index (χ3n) is 20.4. The highest BCUT2D eigenvalue weighted by atomic mass is 16.3. The van der Waals surface area contributed by atoms with E-state index in [0.717, 1.165) is 84.9 Å². The summed E-state index contributed by atoms with van der Waals surface area (Å²) in [5.74, 6) is 9.75. The molecule has 8 aliphatic carbocycles. The van der Waals surface area contributed by atoms with Crippen LogP contribution in [0.5, 0.6) is 0 Å². The SMILES string of the molecule is C[C@H](/C=C/C(C)(C)C)[C@H]1CC[C@H]2[C@@H]3CC=C4C[C@@H](O)CC[C@]4(C)[C@H]3CC[C@]12C.C[C@H](CCC(C)(C)C)[C@H]1CC[C@H]2[C@@H]3CCC4C[C@@H](O)CC[C@]4(C)[C@H]3CC[C@]12C. The van der Waals surface area contributed by atoms with E-state index in [0.29, 0.717) is 33.0 Å². The molecule has 0 amide bonds. The van der Waals surface area contributed by atoms with Gasteiger partial charge in [-0.3, -0.25) is 0 Å². The first-order valence-electron chi connectivity index (χ1n) is 24.8. The number of aliphatic hydroxyl groups is 2. The number of aliphatic hydroxyl groups excluding tert-OH is 2. The lowest BCUT2D eigenvalue weighted by atomic mass is 9.44. The summed E-state index contributed by atoms with van der Waals surface area (Å²) < 4.78 is 0. The molecule has 1 unspecified atom stereocenters. The molecule has 56 heavy (non-hydrogen) atoms. The summed E-state index contributed by atoms with van der Waals surface area (Å²) in [4.78, 5) is 0. The third kappa shape index (κ3) is 8.00. The highest BCUT2D eigenvalue weighted by Crippen LogP contribution is 2.69. The molecule has 0 saturated heterocycles. The smallest absolute Gasteiger partial charge is 0.0577 e. The highest BCUT2D eigenvalue weighted by Gasteiger charge is 2.61. The predicted molar refractivity (Wildman–Crippen MR) is 238 cm³/mol. The molecular weight excluding hydrogens is 681 g/mol. The first-order chi connectivity index (χ1) is 26.1. The maximum absolute atomic E-state index is 10.3. The normalized spacial score (nSPS) is 48.5. The van der Waals surface area contributed by atoms with Gasteiger partial charge in [0, 0.05) is 0 Å². The van der Waals surface area contributed by atoms with Gasteiger partial charge in [0.1, 0.15) is 0 Å². The van der Waals surface area contributed by atoms with Crippen LogP contribution >= 0.6 is 0 Å². The molecule has 2 heteroatoms. The summed E-state index contributed by atoms with van der Waals surface area (Å²) in [7, 11) is 0. The average Bonchev–Trinajstić information content (AvgIpc) is 3.67. The molecule has 8 rings (SSSR count). The Balaban J connectivity index is 0.000000172. The molecule has 0 radical (unpaired) electrons. The van der Waals surface area contributed by atoms with Crippen molar-refractivity contribution in [2.75, 3.05) is 0 Å². The van der Waals surface area contributed by atoms with Crippen LogP contribution in [0.1, 0.15) is 205 Å². The van der Waals surface area contributed by atoms with Gasteiger partial charge in [-0.1, -0.05) is 107 Å². The fourth-order valence-electron chi connectivity index (χ4n) is 17.2. The molecule has 0 aromatic rings. The first-order valence-corrected chi connectivity index (χ1v) is 24.8. The summed E-state index contributed by atoms with van der Waals surface area (Å²) >= 11 is 0. The number of allylic oxidation sites excluding steroid dienone is 3. The summed E-state index contributed by atoms with van der Waals surface area (Å²) in [6.07, 6.45) is 32.6. The second kappa shape index (κ2) is 15.7. The fraction of sp³-hybridized carbons (Fsp3) is 0.926. The lowest BCUT2D eigenvalue weighted by Gasteiger charge is -2.61. The second-order valence-electron chi connectivity index (χ2n) is 25.9. The number of hydrogen-bond acceptors (Lipinski definition) is 2. The van der Waals surface area contributed by atoms with E-state index in [1.165, 1.54) is 96.3 Å². The van der Waals surface area contributed by atoms with Gasteiger partial charge in [0.05, 0.1) is 12.2 Å². The van der Waals surface area contributed by atoms with Gasteiger partial charge in [-0.05, 0) is 220 Å². The molecule has 7 fully saturated rings. The van der Waals surface area contributed by atoms with Crippen molar-refractivity contribution < 1.29 is 10.2 Å². The van der Waals surface area contributed by atoms with Gasteiger partial charge in [-0.2, -0.15) is 0 Å². The minimum absolute atomic E-state index is 0.0111. The molecule has 320 valence electrons. The van der Waals surface area contributed by atoms with Crippen LogP contribution in [-0.4, -0.2) is 22.4 Å². The van der Waals surface area contributed by atoms with Crippen LogP contribution in [-0.2, 0) is 0 Å². The zero-order valence-electron chi connectivity index (χ0n) is 39.1. The van der Waals surface area contributed by atoms with Crippen LogP contribution in [0.25, 0.3) is 0 Å². The minimum Gasteiger partial charge on any atom is -0.393 e. The number of hydrogen-bond donors (Lipinski definition) is 2. The molecule has 0 aliphatic heterocycles. The Hall–Kier alpha value is -0.600. The predicted octanol–water partition coefficient (Wildman–Crippen LogP) is 14.6. The molecule has 0 heterocycles. The zero-order chi connectivity index (χ0) is 40.6. The lowest BCUT2D eigenvalue weighted by molar-refractivity contribution is -0.129. The van der Waals surface area contributed by atoms with Gasteiger partial charge in [0.25, 0.3) is 0 Å². The molecule has 0 spiro atoms. The molecule has 0 bridgehead atoms. The van der Waals surface area contributed by atoms with E-state index >= 15 is 0 Å². The quantitative estimate of drug-likeness (QED) is 0.273. The molecule has 0 aromatic heterocycles. The lowest BCUT2D eigenvalue weighted by Crippen LogP contribution is -2.54. The number of rotatable bonds is 5. The Labute approximate surface area is 347 Å². The van der Waals surface area contributed by atoms with Gasteiger partial charge in [0.15, 0.2) is 0 Å². The highest BCUT2D eigenvalue weighted by molar-refractivity contribution is 5.25. The molecule has 0 aromatic carbocycles. The molecule has 17 atom stereocenters. The fourth-order valence-corrected chi connectivity index (χ4v) is 17.2. The van der Waals surface area contributed by atoms with Crippen molar-refractivity contribution in [2.24, 2.45) is 97.6 Å². The van der Waals surface area contributed by atoms with E-state index in [2.05, 4.69) is 101 Å². The standard InChI is InChI=1S/C27H48O.C27H44O/c2*1-18(11-14-25(2,3)4)22-9-10-23-21-8-7-19-17-20(28)12-15-26(19,5)24(21)13-16-27(22,23)6/h18-24,28H,7-17H2,1-6H3;7,11,14,18,20-24,28H,8-10,12-13,15-17H2,1-6H3/b;14-11+/t18-,19?,20+,21+,22-,23+,24+,26+,27-;18-,20+,21+,22-,23+,24+,26+,27-/m11/s1. The Morgan fingerprint density at radius 3 is 1.93 bits per heavy atom. The third-order valence-corrected chi connectivity index (χ3v) is 20.4. The van der Waals surface area contributed by atoms with Gasteiger partial charge in [-0.25, -0.2) is 0 Å². The van der Waals surface area contributed by atoms with Crippen molar-refractivity contribution in [2.45, 2.75) is 217 Å². The van der Waals surface area contributed by atoms with Crippen molar-refractivity contribution in [3.05, 3.63) is 23.8 Å². The second-order valence-corrected chi connectivity index (χ2v) is 25.9. The van der Waals surface area contributed by atoms with Gasteiger partial charge in [0.2, 0.25) is 0 Å². The largest absolute Gasteiger partial charge is 0.393 e. The first kappa shape index (κ1) is 43.5. The van der Waals surface area contributed by atoms with Crippen molar-refractivity contribution in [1.82, 2.24) is 0 Å². The van der Waals surface area contributed by atoms with E-state index < -0.39 is 0 Å². The van der Waals surface area contributed by atoms with Crippen LogP contribution in [0.2, 0.25) is 0 Å².